The van der Waals surface area contributed by atoms with Crippen molar-refractivity contribution in [1.29, 1.82) is 0 Å². The lowest BCUT2D eigenvalue weighted by molar-refractivity contribution is 0.0697. The Kier molecular flexibility index (Phi) is 4.45. The van der Waals surface area contributed by atoms with Crippen molar-refractivity contribution in [3.63, 3.8) is 0 Å². The number of aromatic nitrogens is 1. The van der Waals surface area contributed by atoms with E-state index in [2.05, 4.69) is 22.1 Å². The topological polar surface area (TPSA) is 65.5 Å². The van der Waals surface area contributed by atoms with Crippen LogP contribution in [0.4, 0.5) is 5.69 Å². The quantitative estimate of drug-likeness (QED) is 0.811. The smallest absolute Gasteiger partial charge is 0.339 e. The maximum absolute atomic E-state index is 11.0. The van der Waals surface area contributed by atoms with Crippen LogP contribution in [-0.2, 0) is 0 Å². The molecule has 2 N–H and O–H groups in total. The van der Waals surface area contributed by atoms with E-state index in [1.807, 2.05) is 21.0 Å². The average molecular weight is 237 g/mol. The Morgan fingerprint density at radius 2 is 2.24 bits per heavy atom. The predicted molar refractivity (Wildman–Crippen MR) is 67.6 cm³/mol. The Hall–Kier alpha value is -1.62. The second-order valence-electron chi connectivity index (χ2n) is 4.37. The third-order valence-electron chi connectivity index (χ3n) is 2.74. The minimum absolute atomic E-state index is 0.210. The van der Waals surface area contributed by atoms with E-state index >= 15 is 0 Å². The Labute approximate surface area is 101 Å². The molecule has 0 saturated carbocycles. The van der Waals surface area contributed by atoms with Crippen molar-refractivity contribution in [3.8, 4) is 0 Å². The molecule has 0 fully saturated rings. The summed E-state index contributed by atoms with van der Waals surface area (Å²) in [6.45, 7) is 4.60. The normalized spacial score (nSPS) is 12.5. The molecule has 0 aliphatic carbocycles. The first-order valence-corrected chi connectivity index (χ1v) is 5.52. The molecule has 1 rings (SSSR count). The molecular weight excluding hydrogens is 218 g/mol. The van der Waals surface area contributed by atoms with Crippen molar-refractivity contribution in [2.24, 2.45) is 0 Å². The number of aromatic carboxylic acids is 1. The van der Waals surface area contributed by atoms with E-state index < -0.39 is 5.97 Å². The number of nitrogens with zero attached hydrogens (tertiary/aromatic N) is 2. The van der Waals surface area contributed by atoms with Gasteiger partial charge < -0.3 is 15.3 Å². The van der Waals surface area contributed by atoms with Gasteiger partial charge in [-0.15, -0.1) is 0 Å². The van der Waals surface area contributed by atoms with Gasteiger partial charge in [-0.05, 0) is 34.0 Å². The molecule has 1 aromatic rings. The second kappa shape index (κ2) is 5.63. The highest BCUT2D eigenvalue weighted by Gasteiger charge is 2.12. The van der Waals surface area contributed by atoms with Gasteiger partial charge >= 0.3 is 5.97 Å². The fourth-order valence-corrected chi connectivity index (χ4v) is 1.32. The number of aryl methyl sites for hydroxylation is 1. The molecule has 0 amide bonds. The molecule has 5 nitrogen and oxygen atoms in total. The van der Waals surface area contributed by atoms with Gasteiger partial charge in [0.1, 0.15) is 5.56 Å². The molecule has 0 aromatic carbocycles. The van der Waals surface area contributed by atoms with Crippen LogP contribution in [0.3, 0.4) is 0 Å². The summed E-state index contributed by atoms with van der Waals surface area (Å²) in [6.07, 6.45) is 1.39. The number of carboxylic acid groups (broad SMARTS) is 1. The first kappa shape index (κ1) is 13.4. The number of carbonyl (C=O) groups is 1. The van der Waals surface area contributed by atoms with Crippen molar-refractivity contribution < 1.29 is 9.90 Å². The Morgan fingerprint density at radius 3 is 2.76 bits per heavy atom. The SMILES string of the molecule is Cc1cc(NCC(C)N(C)C)c(C(=O)O)cn1. The molecule has 1 unspecified atom stereocenters. The average Bonchev–Trinajstić information content (AvgIpc) is 2.25. The number of anilines is 1. The van der Waals surface area contributed by atoms with E-state index in [9.17, 15) is 4.79 Å². The lowest BCUT2D eigenvalue weighted by Gasteiger charge is -2.21. The van der Waals surface area contributed by atoms with Gasteiger partial charge in [-0.1, -0.05) is 0 Å². The number of nitrogens with one attached hydrogen (secondary N) is 1. The number of carboxylic acids is 1. The Bertz CT molecular complexity index is 405. The molecular formula is C12H19N3O2. The molecule has 0 aliphatic heterocycles. The zero-order valence-electron chi connectivity index (χ0n) is 10.7. The van der Waals surface area contributed by atoms with Crippen LogP contribution in [0.1, 0.15) is 23.0 Å². The summed E-state index contributed by atoms with van der Waals surface area (Å²) in [5, 5.41) is 12.2. The van der Waals surface area contributed by atoms with Crippen LogP contribution >= 0.6 is 0 Å². The van der Waals surface area contributed by atoms with Crippen molar-refractivity contribution >= 4 is 11.7 Å². The van der Waals surface area contributed by atoms with E-state index in [0.29, 0.717) is 18.3 Å². The monoisotopic (exact) mass is 237 g/mol. The summed E-state index contributed by atoms with van der Waals surface area (Å²) in [5.74, 6) is -0.961. The number of rotatable bonds is 5. The lowest BCUT2D eigenvalue weighted by Crippen LogP contribution is -2.31. The first-order valence-electron chi connectivity index (χ1n) is 5.52. The van der Waals surface area contributed by atoms with E-state index in [1.165, 1.54) is 6.20 Å². The van der Waals surface area contributed by atoms with Gasteiger partial charge in [0.15, 0.2) is 0 Å². The Morgan fingerprint density at radius 1 is 1.59 bits per heavy atom. The number of hydrogen-bond donors (Lipinski definition) is 2. The molecule has 5 heteroatoms. The van der Waals surface area contributed by atoms with Gasteiger partial charge in [-0.2, -0.15) is 0 Å². The minimum atomic E-state index is -0.961. The van der Waals surface area contributed by atoms with Crippen molar-refractivity contribution in [2.75, 3.05) is 26.0 Å². The lowest BCUT2D eigenvalue weighted by atomic mass is 10.2. The van der Waals surface area contributed by atoms with Crippen molar-refractivity contribution in [3.05, 3.63) is 23.5 Å². The largest absolute Gasteiger partial charge is 0.478 e. The summed E-state index contributed by atoms with van der Waals surface area (Å²) >= 11 is 0. The zero-order chi connectivity index (χ0) is 13.0. The molecule has 0 spiro atoms. The first-order chi connectivity index (χ1) is 7.91. The fraction of sp³-hybridized carbons (Fsp3) is 0.500. The summed E-state index contributed by atoms with van der Waals surface area (Å²) in [5.41, 5.74) is 1.63. The molecule has 0 bridgehead atoms. The highest BCUT2D eigenvalue weighted by atomic mass is 16.4. The summed E-state index contributed by atoms with van der Waals surface area (Å²) < 4.78 is 0. The van der Waals surface area contributed by atoms with E-state index in [4.69, 9.17) is 5.11 Å². The predicted octanol–water partition coefficient (Wildman–Crippen LogP) is 1.45. The molecule has 0 saturated heterocycles. The minimum Gasteiger partial charge on any atom is -0.478 e. The third-order valence-corrected chi connectivity index (χ3v) is 2.74. The highest BCUT2D eigenvalue weighted by molar-refractivity contribution is 5.93. The van der Waals surface area contributed by atoms with Crippen molar-refractivity contribution in [2.45, 2.75) is 19.9 Å². The number of pyridine rings is 1. The van der Waals surface area contributed by atoms with Gasteiger partial charge in [-0.25, -0.2) is 4.79 Å². The van der Waals surface area contributed by atoms with Crippen LogP contribution in [0.2, 0.25) is 0 Å². The molecule has 1 heterocycles. The van der Waals surface area contributed by atoms with Gasteiger partial charge in [0, 0.05) is 24.5 Å². The van der Waals surface area contributed by atoms with Crippen LogP contribution in [0, 0.1) is 6.92 Å². The standard InChI is InChI=1S/C12H19N3O2/c1-8-5-11(10(7-13-8)12(16)17)14-6-9(2)15(3)4/h5,7,9H,6H2,1-4H3,(H,13,14)(H,16,17). The zero-order valence-corrected chi connectivity index (χ0v) is 10.7. The van der Waals surface area contributed by atoms with Crippen molar-refractivity contribution in [1.82, 2.24) is 9.88 Å². The molecule has 1 atom stereocenters. The molecule has 1 aromatic heterocycles. The van der Waals surface area contributed by atoms with E-state index in [0.717, 1.165) is 5.69 Å². The third kappa shape index (κ3) is 3.71. The second-order valence-corrected chi connectivity index (χ2v) is 4.37. The molecule has 0 aliphatic rings. The van der Waals surface area contributed by atoms with Gasteiger partial charge in [0.05, 0.1) is 5.69 Å². The summed E-state index contributed by atoms with van der Waals surface area (Å²) in [7, 11) is 3.98. The van der Waals surface area contributed by atoms with E-state index in [1.54, 1.807) is 6.07 Å². The summed E-state index contributed by atoms with van der Waals surface area (Å²) in [4.78, 5) is 17.1. The van der Waals surface area contributed by atoms with Gasteiger partial charge in [-0.3, -0.25) is 4.98 Å². The van der Waals surface area contributed by atoms with Crippen LogP contribution in [0.5, 0.6) is 0 Å². The van der Waals surface area contributed by atoms with Crippen LogP contribution in [-0.4, -0.2) is 47.6 Å². The molecule has 94 valence electrons. The Balaban J connectivity index is 2.82. The summed E-state index contributed by atoms with van der Waals surface area (Å²) in [6, 6.07) is 2.08. The molecule has 0 radical (unpaired) electrons. The maximum Gasteiger partial charge on any atom is 0.339 e. The maximum atomic E-state index is 11.0. The van der Waals surface area contributed by atoms with Crippen LogP contribution in [0.15, 0.2) is 12.3 Å². The van der Waals surface area contributed by atoms with E-state index in [-0.39, 0.29) is 5.56 Å². The van der Waals surface area contributed by atoms with Gasteiger partial charge in [0.25, 0.3) is 0 Å². The highest BCUT2D eigenvalue weighted by Crippen LogP contribution is 2.15. The number of hydrogen-bond acceptors (Lipinski definition) is 4. The fourth-order valence-electron chi connectivity index (χ4n) is 1.32. The molecule has 17 heavy (non-hydrogen) atoms. The van der Waals surface area contributed by atoms with Gasteiger partial charge in [0.2, 0.25) is 0 Å². The number of likely N-dealkylation sites (N-methyl/N-ethyl adjacent to an activating group) is 1. The van der Waals surface area contributed by atoms with Crippen LogP contribution < -0.4 is 5.32 Å². The van der Waals surface area contributed by atoms with Crippen LogP contribution in [0.25, 0.3) is 0 Å².